The van der Waals surface area contributed by atoms with E-state index in [0.717, 1.165) is 25.2 Å². The van der Waals surface area contributed by atoms with Crippen LogP contribution in [0.4, 0.5) is 0 Å². The Bertz CT molecular complexity index is 260. The minimum atomic E-state index is -0.0881. The van der Waals surface area contributed by atoms with Crippen molar-refractivity contribution >= 4 is 0 Å². The van der Waals surface area contributed by atoms with Gasteiger partial charge in [-0.1, -0.05) is 40.5 Å². The maximum absolute atomic E-state index is 9.64. The lowest BCUT2D eigenvalue weighted by Gasteiger charge is -2.41. The molecule has 1 aliphatic carbocycles. The van der Waals surface area contributed by atoms with Crippen molar-refractivity contribution in [3.63, 3.8) is 0 Å². The molecule has 2 unspecified atom stereocenters. The first-order chi connectivity index (χ1) is 8.86. The average molecular weight is 270 g/mol. The summed E-state index contributed by atoms with van der Waals surface area (Å²) in [5.74, 6) is 0.801. The normalized spacial score (nSPS) is 30.6. The molecule has 0 aromatic carbocycles. The first-order valence-electron chi connectivity index (χ1n) is 8.15. The molecule has 2 heteroatoms. The molecule has 0 amide bonds. The summed E-state index contributed by atoms with van der Waals surface area (Å²) in [6.45, 7) is 11.4. The summed E-state index contributed by atoms with van der Waals surface area (Å²) >= 11 is 0. The zero-order chi connectivity index (χ0) is 14.5. The van der Waals surface area contributed by atoms with Gasteiger partial charge in [0.1, 0.15) is 0 Å². The summed E-state index contributed by atoms with van der Waals surface area (Å²) in [6, 6.07) is 0. The van der Waals surface area contributed by atoms with Gasteiger partial charge in [0.15, 0.2) is 0 Å². The Balaban J connectivity index is 2.63. The lowest BCUT2D eigenvalue weighted by atomic mass is 9.76. The van der Waals surface area contributed by atoms with Crippen molar-refractivity contribution in [2.45, 2.75) is 91.3 Å². The Hall–Kier alpha value is -0.0800. The van der Waals surface area contributed by atoms with E-state index < -0.39 is 0 Å². The lowest BCUT2D eigenvalue weighted by Crippen LogP contribution is -2.40. The summed E-state index contributed by atoms with van der Waals surface area (Å²) in [7, 11) is 0. The maximum atomic E-state index is 9.64. The number of ether oxygens (including phenoxy) is 1. The van der Waals surface area contributed by atoms with E-state index in [2.05, 4.69) is 34.6 Å². The molecule has 1 saturated carbocycles. The molecule has 0 aliphatic heterocycles. The Morgan fingerprint density at radius 1 is 1.16 bits per heavy atom. The first-order valence-corrected chi connectivity index (χ1v) is 8.15. The van der Waals surface area contributed by atoms with Gasteiger partial charge < -0.3 is 9.84 Å². The summed E-state index contributed by atoms with van der Waals surface area (Å²) < 4.78 is 6.49. The summed E-state index contributed by atoms with van der Waals surface area (Å²) in [5.41, 5.74) is -0.0970. The lowest BCUT2D eigenvalue weighted by molar-refractivity contribution is -0.127. The van der Waals surface area contributed by atoms with Crippen molar-refractivity contribution in [1.82, 2.24) is 0 Å². The van der Waals surface area contributed by atoms with Crippen LogP contribution in [0.5, 0.6) is 0 Å². The summed E-state index contributed by atoms with van der Waals surface area (Å²) in [6.07, 6.45) is 8.47. The van der Waals surface area contributed by atoms with Gasteiger partial charge in [0.2, 0.25) is 0 Å². The molecular weight excluding hydrogens is 236 g/mol. The van der Waals surface area contributed by atoms with Crippen LogP contribution in [0, 0.1) is 11.3 Å². The van der Waals surface area contributed by atoms with Gasteiger partial charge in [0, 0.05) is 6.61 Å². The van der Waals surface area contributed by atoms with Gasteiger partial charge in [-0.2, -0.15) is 0 Å². The van der Waals surface area contributed by atoms with Gasteiger partial charge in [-0.15, -0.1) is 0 Å². The van der Waals surface area contributed by atoms with Crippen LogP contribution >= 0.6 is 0 Å². The van der Waals surface area contributed by atoms with Crippen molar-refractivity contribution in [2.24, 2.45) is 11.3 Å². The first kappa shape index (κ1) is 17.0. The van der Waals surface area contributed by atoms with E-state index >= 15 is 0 Å². The van der Waals surface area contributed by atoms with Gasteiger partial charge in [-0.3, -0.25) is 0 Å². The van der Waals surface area contributed by atoms with Crippen LogP contribution in [0.15, 0.2) is 0 Å². The Morgan fingerprint density at radius 2 is 1.84 bits per heavy atom. The van der Waals surface area contributed by atoms with Gasteiger partial charge in [0.25, 0.3) is 0 Å². The summed E-state index contributed by atoms with van der Waals surface area (Å²) in [5, 5.41) is 9.64. The minimum Gasteiger partial charge on any atom is -0.396 e. The van der Waals surface area contributed by atoms with E-state index in [0.29, 0.717) is 6.10 Å². The van der Waals surface area contributed by atoms with Crippen LogP contribution < -0.4 is 0 Å². The molecule has 1 fully saturated rings. The Kier molecular flexibility index (Phi) is 6.32. The van der Waals surface area contributed by atoms with Gasteiger partial charge in [0.05, 0.1) is 11.7 Å². The molecule has 19 heavy (non-hydrogen) atoms. The van der Waals surface area contributed by atoms with E-state index in [1.807, 2.05) is 0 Å². The number of aliphatic hydroxyl groups is 1. The van der Waals surface area contributed by atoms with Crippen molar-refractivity contribution in [3.8, 4) is 0 Å². The number of rotatable bonds is 7. The molecule has 1 aliphatic rings. The van der Waals surface area contributed by atoms with Crippen molar-refractivity contribution < 1.29 is 9.84 Å². The Labute approximate surface area is 119 Å². The van der Waals surface area contributed by atoms with Crippen molar-refractivity contribution in [3.05, 3.63) is 0 Å². The highest BCUT2D eigenvalue weighted by molar-refractivity contribution is 4.86. The van der Waals surface area contributed by atoms with E-state index in [4.69, 9.17) is 4.74 Å². The molecule has 1 N–H and O–H groups in total. The molecule has 0 aromatic rings. The largest absolute Gasteiger partial charge is 0.396 e. The van der Waals surface area contributed by atoms with Crippen LogP contribution in [0.25, 0.3) is 0 Å². The van der Waals surface area contributed by atoms with Crippen LogP contribution in [0.3, 0.4) is 0 Å². The molecule has 0 bridgehead atoms. The average Bonchev–Trinajstić information content (AvgIpc) is 2.38. The third-order valence-electron chi connectivity index (χ3n) is 5.12. The monoisotopic (exact) mass is 270 g/mol. The van der Waals surface area contributed by atoms with Crippen LogP contribution in [0.1, 0.15) is 79.6 Å². The molecule has 2 nitrogen and oxygen atoms in total. The molecule has 0 aromatic heterocycles. The fourth-order valence-corrected chi connectivity index (χ4v) is 3.33. The molecule has 4 atom stereocenters. The highest BCUT2D eigenvalue weighted by Crippen LogP contribution is 2.38. The number of hydrogen-bond acceptors (Lipinski definition) is 2. The topological polar surface area (TPSA) is 29.5 Å². The Morgan fingerprint density at radius 3 is 2.32 bits per heavy atom. The minimum absolute atomic E-state index is 0.00889. The predicted octanol–water partition coefficient (Wildman–Crippen LogP) is 4.55. The van der Waals surface area contributed by atoms with Crippen molar-refractivity contribution in [1.29, 1.82) is 0 Å². The third kappa shape index (κ3) is 5.07. The highest BCUT2D eigenvalue weighted by atomic mass is 16.5. The molecule has 0 radical (unpaired) electrons. The second-order valence-electron chi connectivity index (χ2n) is 7.31. The van der Waals surface area contributed by atoms with Gasteiger partial charge in [-0.05, 0) is 50.4 Å². The zero-order valence-corrected chi connectivity index (χ0v) is 13.7. The van der Waals surface area contributed by atoms with E-state index in [9.17, 15) is 5.11 Å². The fraction of sp³-hybridized carbons (Fsp3) is 1.00. The standard InChI is InChI=1S/C17H34O2/c1-6-16(4,13-18)12-17(5,7-2)19-15-10-8-9-14(3)11-15/h14-15,18H,6-13H2,1-5H3/t14-,15+,16?,17?/m1/s1. The van der Waals surface area contributed by atoms with Gasteiger partial charge in [-0.25, -0.2) is 0 Å². The van der Waals surface area contributed by atoms with Gasteiger partial charge >= 0.3 is 0 Å². The molecule has 0 saturated heterocycles. The molecule has 0 heterocycles. The smallest absolute Gasteiger partial charge is 0.0661 e. The van der Waals surface area contributed by atoms with Crippen molar-refractivity contribution in [2.75, 3.05) is 6.61 Å². The fourth-order valence-electron chi connectivity index (χ4n) is 3.33. The summed E-state index contributed by atoms with van der Waals surface area (Å²) in [4.78, 5) is 0. The van der Waals surface area contributed by atoms with E-state index in [1.165, 1.54) is 25.7 Å². The molecule has 114 valence electrons. The second kappa shape index (κ2) is 7.08. The second-order valence-corrected chi connectivity index (χ2v) is 7.31. The van der Waals surface area contributed by atoms with Crippen LogP contribution in [-0.4, -0.2) is 23.4 Å². The predicted molar refractivity (Wildman–Crippen MR) is 81.3 cm³/mol. The maximum Gasteiger partial charge on any atom is 0.0661 e. The van der Waals surface area contributed by atoms with E-state index in [-0.39, 0.29) is 17.6 Å². The third-order valence-corrected chi connectivity index (χ3v) is 5.12. The molecular formula is C17H34O2. The molecule has 1 rings (SSSR count). The number of hydrogen-bond donors (Lipinski definition) is 1. The highest BCUT2D eigenvalue weighted by Gasteiger charge is 2.36. The number of aliphatic hydroxyl groups excluding tert-OH is 1. The van der Waals surface area contributed by atoms with Crippen LogP contribution in [-0.2, 0) is 4.74 Å². The zero-order valence-electron chi connectivity index (χ0n) is 13.7. The van der Waals surface area contributed by atoms with Crippen LogP contribution in [0.2, 0.25) is 0 Å². The van der Waals surface area contributed by atoms with E-state index in [1.54, 1.807) is 0 Å². The molecule has 0 spiro atoms. The quantitative estimate of drug-likeness (QED) is 0.735. The SMILES string of the molecule is CCC(C)(CO)CC(C)(CC)O[C@H]1CCC[C@@H](C)C1.